The summed E-state index contributed by atoms with van der Waals surface area (Å²) in [4.78, 5) is 15.7. The van der Waals surface area contributed by atoms with Crippen molar-refractivity contribution in [3.05, 3.63) is 99.1 Å². The number of benzene rings is 2. The van der Waals surface area contributed by atoms with Crippen molar-refractivity contribution in [2.75, 3.05) is 0 Å². The molecule has 3 heterocycles. The summed E-state index contributed by atoms with van der Waals surface area (Å²) in [6.07, 6.45) is 3.34. The zero-order valence-corrected chi connectivity index (χ0v) is 21.3. The van der Waals surface area contributed by atoms with E-state index in [-0.39, 0.29) is 36.0 Å². The van der Waals surface area contributed by atoms with Gasteiger partial charge in [0, 0.05) is 30.3 Å². The molecule has 192 valence electrons. The van der Waals surface area contributed by atoms with Crippen molar-refractivity contribution < 1.29 is 23.6 Å². The van der Waals surface area contributed by atoms with Gasteiger partial charge in [0.25, 0.3) is 0 Å². The molecular formula is C28H20Cl2FN3O4. The van der Waals surface area contributed by atoms with Gasteiger partial charge in [-0.2, -0.15) is 0 Å². The third kappa shape index (κ3) is 4.61. The molecule has 0 bridgehead atoms. The summed E-state index contributed by atoms with van der Waals surface area (Å²) in [5.41, 5.74) is 3.44. The summed E-state index contributed by atoms with van der Waals surface area (Å²) < 4.78 is 28.2. The van der Waals surface area contributed by atoms with Gasteiger partial charge in [-0.25, -0.2) is 14.2 Å². The zero-order valence-electron chi connectivity index (χ0n) is 19.8. The molecule has 0 radical (unpaired) electrons. The monoisotopic (exact) mass is 551 g/mol. The molecule has 10 heteroatoms. The highest BCUT2D eigenvalue weighted by Crippen LogP contribution is 2.46. The van der Waals surface area contributed by atoms with E-state index in [1.807, 2.05) is 0 Å². The van der Waals surface area contributed by atoms with Gasteiger partial charge in [0.15, 0.2) is 5.82 Å². The Morgan fingerprint density at radius 3 is 2.63 bits per heavy atom. The number of aromatic nitrogens is 3. The van der Waals surface area contributed by atoms with E-state index in [4.69, 9.17) is 32.5 Å². The van der Waals surface area contributed by atoms with Gasteiger partial charge in [0.1, 0.15) is 23.6 Å². The predicted octanol–water partition coefficient (Wildman–Crippen LogP) is 7.34. The lowest BCUT2D eigenvalue weighted by Crippen LogP contribution is -2.02. The van der Waals surface area contributed by atoms with Crippen molar-refractivity contribution in [2.24, 2.45) is 0 Å². The number of halogens is 3. The second-order valence-electron chi connectivity index (χ2n) is 9.16. The summed E-state index contributed by atoms with van der Waals surface area (Å²) >= 11 is 12.9. The second-order valence-corrected chi connectivity index (χ2v) is 9.98. The van der Waals surface area contributed by atoms with Crippen LogP contribution in [0.5, 0.6) is 5.88 Å². The van der Waals surface area contributed by atoms with Gasteiger partial charge < -0.3 is 18.9 Å². The summed E-state index contributed by atoms with van der Waals surface area (Å²) in [5, 5.41) is 14.4. The van der Waals surface area contributed by atoms with E-state index in [2.05, 4.69) is 10.1 Å². The number of fused-ring (bicyclic) bond motifs is 1. The maximum Gasteiger partial charge on any atom is 0.335 e. The van der Waals surface area contributed by atoms with E-state index in [9.17, 15) is 14.3 Å². The Kier molecular flexibility index (Phi) is 6.29. The zero-order chi connectivity index (χ0) is 26.4. The molecule has 6 rings (SSSR count). The van der Waals surface area contributed by atoms with Crippen molar-refractivity contribution in [2.45, 2.75) is 31.9 Å². The van der Waals surface area contributed by atoms with Crippen LogP contribution in [-0.4, -0.2) is 25.8 Å². The molecular weight excluding hydrogens is 532 g/mol. The lowest BCUT2D eigenvalue weighted by Gasteiger charge is -2.10. The number of ether oxygens (including phenoxy) is 1. The lowest BCUT2D eigenvalue weighted by molar-refractivity contribution is 0.0696. The van der Waals surface area contributed by atoms with Crippen LogP contribution in [0.3, 0.4) is 0 Å². The van der Waals surface area contributed by atoms with E-state index < -0.39 is 11.8 Å². The van der Waals surface area contributed by atoms with Crippen LogP contribution >= 0.6 is 23.2 Å². The van der Waals surface area contributed by atoms with E-state index in [1.54, 1.807) is 53.1 Å². The molecule has 0 atom stereocenters. The van der Waals surface area contributed by atoms with E-state index in [0.717, 1.165) is 29.7 Å². The fraction of sp³-hybridized carbons (Fsp3) is 0.179. The molecule has 1 aliphatic carbocycles. The molecule has 0 unspecified atom stereocenters. The van der Waals surface area contributed by atoms with Gasteiger partial charge >= 0.3 is 5.97 Å². The number of carboxylic acids is 1. The summed E-state index contributed by atoms with van der Waals surface area (Å²) in [5.74, 6) is -0.291. The number of rotatable bonds is 8. The molecule has 1 saturated carbocycles. The van der Waals surface area contributed by atoms with Gasteiger partial charge in [0.2, 0.25) is 5.88 Å². The first kappa shape index (κ1) is 24.5. The first-order valence-electron chi connectivity index (χ1n) is 11.9. The van der Waals surface area contributed by atoms with Crippen LogP contribution in [0.2, 0.25) is 10.0 Å². The van der Waals surface area contributed by atoms with Crippen molar-refractivity contribution in [3.8, 4) is 17.1 Å². The Hall–Kier alpha value is -3.88. The average molecular weight is 552 g/mol. The number of aromatic carboxylic acids is 1. The first-order chi connectivity index (χ1) is 18.4. The van der Waals surface area contributed by atoms with Crippen LogP contribution in [0.25, 0.3) is 22.3 Å². The SMILES string of the molecule is O=C(O)c1cccc(Cn2cc(F)c3nc(OCc4c(-c5c(Cl)cccc5Cl)noc4C4CC4)ccc32)c1. The minimum absolute atomic E-state index is 0.0923. The largest absolute Gasteiger partial charge is 0.478 e. The van der Waals surface area contributed by atoms with Crippen molar-refractivity contribution in [3.63, 3.8) is 0 Å². The smallest absolute Gasteiger partial charge is 0.335 e. The maximum atomic E-state index is 14.9. The summed E-state index contributed by atoms with van der Waals surface area (Å²) in [6.45, 7) is 0.381. The van der Waals surface area contributed by atoms with Gasteiger partial charge in [-0.3, -0.25) is 0 Å². The van der Waals surface area contributed by atoms with Crippen LogP contribution in [0, 0.1) is 5.82 Å². The minimum atomic E-state index is -1.02. The third-order valence-electron chi connectivity index (χ3n) is 6.51. The van der Waals surface area contributed by atoms with Gasteiger partial charge in [-0.1, -0.05) is 46.6 Å². The minimum Gasteiger partial charge on any atom is -0.478 e. The van der Waals surface area contributed by atoms with Crippen LogP contribution in [-0.2, 0) is 13.2 Å². The average Bonchev–Trinajstić information content (AvgIpc) is 3.59. The number of carbonyl (C=O) groups is 1. The Balaban J connectivity index is 1.28. The fourth-order valence-corrected chi connectivity index (χ4v) is 5.09. The fourth-order valence-electron chi connectivity index (χ4n) is 4.51. The van der Waals surface area contributed by atoms with E-state index >= 15 is 0 Å². The molecule has 5 aromatic rings. The number of carboxylic acid groups (broad SMARTS) is 1. The predicted molar refractivity (Wildman–Crippen MR) is 140 cm³/mol. The van der Waals surface area contributed by atoms with Crippen LogP contribution < -0.4 is 4.74 Å². The Morgan fingerprint density at radius 2 is 1.89 bits per heavy atom. The summed E-state index contributed by atoms with van der Waals surface area (Å²) in [6, 6.07) is 15.2. The summed E-state index contributed by atoms with van der Waals surface area (Å²) in [7, 11) is 0. The highest BCUT2D eigenvalue weighted by Gasteiger charge is 2.33. The Bertz CT molecular complexity index is 1670. The molecule has 0 saturated heterocycles. The lowest BCUT2D eigenvalue weighted by atomic mass is 10.0. The number of hydrogen-bond acceptors (Lipinski definition) is 5. The van der Waals surface area contributed by atoms with Crippen LogP contribution in [0.4, 0.5) is 4.39 Å². The van der Waals surface area contributed by atoms with Crippen LogP contribution in [0.15, 0.2) is 65.3 Å². The molecule has 1 aliphatic rings. The molecule has 0 amide bonds. The standard InChI is InChI=1S/C28H20Cl2FN3O4/c29-19-5-2-6-20(30)24(19)25-18(27(38-33-25)16-7-8-16)14-37-23-10-9-22-26(32-23)21(31)13-34(22)12-15-3-1-4-17(11-15)28(35)36/h1-6,9-11,13,16H,7-8,12,14H2,(H,35,36). The number of pyridine rings is 1. The molecule has 7 nitrogen and oxygen atoms in total. The van der Waals surface area contributed by atoms with Crippen molar-refractivity contribution in [1.82, 2.24) is 14.7 Å². The molecule has 1 fully saturated rings. The number of nitrogens with zero attached hydrogens (tertiary/aromatic N) is 3. The molecule has 0 spiro atoms. The van der Waals surface area contributed by atoms with Crippen molar-refractivity contribution in [1.29, 1.82) is 0 Å². The van der Waals surface area contributed by atoms with Crippen LogP contribution in [0.1, 0.15) is 46.0 Å². The van der Waals surface area contributed by atoms with E-state index in [1.165, 1.54) is 12.3 Å². The molecule has 1 N–H and O–H groups in total. The topological polar surface area (TPSA) is 90.4 Å². The quantitative estimate of drug-likeness (QED) is 0.217. The molecule has 3 aromatic heterocycles. The number of hydrogen-bond donors (Lipinski definition) is 1. The maximum absolute atomic E-state index is 14.9. The van der Waals surface area contributed by atoms with Gasteiger partial charge in [-0.05, 0) is 48.7 Å². The van der Waals surface area contributed by atoms with Gasteiger partial charge in [-0.15, -0.1) is 0 Å². The normalized spacial score (nSPS) is 13.2. The second kappa shape index (κ2) is 9.78. The Labute approximate surface area is 226 Å². The molecule has 38 heavy (non-hydrogen) atoms. The van der Waals surface area contributed by atoms with Gasteiger partial charge in [0.05, 0.1) is 26.7 Å². The highest BCUT2D eigenvalue weighted by molar-refractivity contribution is 6.39. The molecule has 2 aromatic carbocycles. The Morgan fingerprint density at radius 1 is 1.13 bits per heavy atom. The van der Waals surface area contributed by atoms with Crippen molar-refractivity contribution >= 4 is 40.2 Å². The first-order valence-corrected chi connectivity index (χ1v) is 12.7. The highest BCUT2D eigenvalue weighted by atomic mass is 35.5. The van der Waals surface area contributed by atoms with E-state index in [0.29, 0.717) is 26.8 Å². The third-order valence-corrected chi connectivity index (χ3v) is 7.14. The molecule has 0 aliphatic heterocycles.